The molecule has 0 saturated carbocycles. The van der Waals surface area contributed by atoms with E-state index in [1.54, 1.807) is 0 Å². The predicted octanol–water partition coefficient (Wildman–Crippen LogP) is 12.6. The number of hydrogen-bond donors (Lipinski definition) is 0. The molecule has 9 aromatic rings. The fourth-order valence-electron chi connectivity index (χ4n) is 7.12. The third kappa shape index (κ3) is 4.09. The van der Waals surface area contributed by atoms with Crippen molar-refractivity contribution in [1.82, 2.24) is 0 Å². The second kappa shape index (κ2) is 10.4. The molecule has 1 heteroatoms. The maximum atomic E-state index is 6.40. The van der Waals surface area contributed by atoms with Crippen LogP contribution in [0.15, 0.2) is 174 Å². The zero-order valence-electron chi connectivity index (χ0n) is 24.6. The first-order valence-electron chi connectivity index (χ1n) is 15.4. The first kappa shape index (κ1) is 25.6. The van der Waals surface area contributed by atoms with Crippen LogP contribution in [0, 0.1) is 0 Å². The third-order valence-electron chi connectivity index (χ3n) is 9.09. The zero-order valence-corrected chi connectivity index (χ0v) is 24.6. The van der Waals surface area contributed by atoms with E-state index in [1.165, 1.54) is 66.1 Å². The van der Waals surface area contributed by atoms with Crippen LogP contribution in [0.25, 0.3) is 88.0 Å². The Morgan fingerprint density at radius 1 is 0.267 bits per heavy atom. The monoisotopic (exact) mass is 572 g/mol. The highest BCUT2D eigenvalue weighted by Crippen LogP contribution is 2.49. The zero-order chi connectivity index (χ0) is 29.7. The molecule has 1 nitrogen and oxygen atoms in total. The van der Waals surface area contributed by atoms with Crippen molar-refractivity contribution in [1.29, 1.82) is 0 Å². The van der Waals surface area contributed by atoms with Crippen LogP contribution in [0.4, 0.5) is 0 Å². The summed E-state index contributed by atoms with van der Waals surface area (Å²) in [5.41, 5.74) is 11.6. The van der Waals surface area contributed by atoms with Crippen molar-refractivity contribution in [2.24, 2.45) is 0 Å². The van der Waals surface area contributed by atoms with Gasteiger partial charge in [-0.3, -0.25) is 0 Å². The van der Waals surface area contributed by atoms with E-state index in [-0.39, 0.29) is 0 Å². The van der Waals surface area contributed by atoms with Gasteiger partial charge in [0.2, 0.25) is 0 Å². The highest BCUT2D eigenvalue weighted by atomic mass is 16.3. The largest absolute Gasteiger partial charge is 0.456 e. The first-order chi connectivity index (χ1) is 22.3. The van der Waals surface area contributed by atoms with Crippen LogP contribution in [0.5, 0.6) is 0 Å². The van der Waals surface area contributed by atoms with E-state index in [9.17, 15) is 0 Å². The minimum absolute atomic E-state index is 0.905. The van der Waals surface area contributed by atoms with Crippen LogP contribution in [-0.4, -0.2) is 0 Å². The molecular formula is C44H28O. The molecule has 0 unspecified atom stereocenters. The molecule has 8 aromatic carbocycles. The predicted molar refractivity (Wildman–Crippen MR) is 190 cm³/mol. The summed E-state index contributed by atoms with van der Waals surface area (Å²) in [7, 11) is 0. The normalized spacial score (nSPS) is 11.6. The van der Waals surface area contributed by atoms with E-state index in [4.69, 9.17) is 4.42 Å². The molecular weight excluding hydrogens is 544 g/mol. The molecule has 0 radical (unpaired) electrons. The number of hydrogen-bond acceptors (Lipinski definition) is 1. The highest BCUT2D eigenvalue weighted by molar-refractivity contribution is 6.25. The number of benzene rings is 8. The smallest absolute Gasteiger partial charge is 0.136 e. The molecule has 0 saturated heterocycles. The van der Waals surface area contributed by atoms with Crippen molar-refractivity contribution < 1.29 is 4.42 Å². The first-order valence-corrected chi connectivity index (χ1v) is 15.4. The second-order valence-corrected chi connectivity index (χ2v) is 11.6. The van der Waals surface area contributed by atoms with Crippen molar-refractivity contribution in [3.63, 3.8) is 0 Å². The van der Waals surface area contributed by atoms with Gasteiger partial charge in [-0.15, -0.1) is 0 Å². The van der Waals surface area contributed by atoms with Crippen LogP contribution < -0.4 is 0 Å². The van der Waals surface area contributed by atoms with Crippen LogP contribution in [0.2, 0.25) is 0 Å². The minimum atomic E-state index is 0.905. The van der Waals surface area contributed by atoms with Crippen molar-refractivity contribution >= 4 is 43.5 Å². The van der Waals surface area contributed by atoms with Gasteiger partial charge in [0.05, 0.1) is 0 Å². The maximum absolute atomic E-state index is 6.40. The van der Waals surface area contributed by atoms with E-state index < -0.39 is 0 Å². The van der Waals surface area contributed by atoms with Crippen LogP contribution in [0.3, 0.4) is 0 Å². The van der Waals surface area contributed by atoms with Gasteiger partial charge < -0.3 is 4.42 Å². The lowest BCUT2D eigenvalue weighted by Gasteiger charge is -2.20. The molecule has 0 aliphatic heterocycles. The molecule has 0 spiro atoms. The van der Waals surface area contributed by atoms with Gasteiger partial charge in [0, 0.05) is 16.3 Å². The van der Waals surface area contributed by atoms with Crippen LogP contribution >= 0.6 is 0 Å². The SMILES string of the molecule is c1ccc(-c2ccc(-c3c4ccccc4c(-c4ccc5oc6ccccc6c5c4-c4ccccc4)c4ccccc34)cc2)cc1. The molecule has 1 heterocycles. The van der Waals surface area contributed by atoms with Gasteiger partial charge in [-0.2, -0.15) is 0 Å². The Morgan fingerprint density at radius 3 is 1.33 bits per heavy atom. The Bertz CT molecular complexity index is 2450. The van der Waals surface area contributed by atoms with Crippen molar-refractivity contribution in [3.05, 3.63) is 170 Å². The average molecular weight is 573 g/mol. The summed E-state index contributed by atoms with van der Waals surface area (Å²) in [5.74, 6) is 0. The quantitative estimate of drug-likeness (QED) is 0.191. The van der Waals surface area contributed by atoms with Crippen molar-refractivity contribution in [2.75, 3.05) is 0 Å². The second-order valence-electron chi connectivity index (χ2n) is 11.6. The fourth-order valence-corrected chi connectivity index (χ4v) is 7.12. The minimum Gasteiger partial charge on any atom is -0.456 e. The van der Waals surface area contributed by atoms with Crippen molar-refractivity contribution in [2.45, 2.75) is 0 Å². The lowest BCUT2D eigenvalue weighted by molar-refractivity contribution is 0.669. The third-order valence-corrected chi connectivity index (χ3v) is 9.09. The van der Waals surface area contributed by atoms with Crippen molar-refractivity contribution in [3.8, 4) is 44.5 Å². The van der Waals surface area contributed by atoms with E-state index in [0.717, 1.165) is 21.9 Å². The molecule has 0 amide bonds. The lowest BCUT2D eigenvalue weighted by atomic mass is 9.82. The molecule has 0 aliphatic carbocycles. The number of para-hydroxylation sites is 1. The summed E-state index contributed by atoms with van der Waals surface area (Å²) < 4.78 is 6.40. The Kier molecular flexibility index (Phi) is 5.89. The van der Waals surface area contributed by atoms with Gasteiger partial charge in [0.15, 0.2) is 0 Å². The summed E-state index contributed by atoms with van der Waals surface area (Å²) in [4.78, 5) is 0. The molecule has 0 N–H and O–H groups in total. The van der Waals surface area contributed by atoms with Crippen LogP contribution in [-0.2, 0) is 0 Å². The summed E-state index contributed by atoms with van der Waals surface area (Å²) in [6, 6.07) is 60.9. The maximum Gasteiger partial charge on any atom is 0.136 e. The Hall–Kier alpha value is -5.92. The Balaban J connectivity index is 1.38. The fraction of sp³-hybridized carbons (Fsp3) is 0. The van der Waals surface area contributed by atoms with E-state index in [0.29, 0.717) is 0 Å². The van der Waals surface area contributed by atoms with Gasteiger partial charge >= 0.3 is 0 Å². The van der Waals surface area contributed by atoms with E-state index in [2.05, 4.69) is 164 Å². The van der Waals surface area contributed by atoms with Gasteiger partial charge in [-0.25, -0.2) is 0 Å². The lowest BCUT2D eigenvalue weighted by Crippen LogP contribution is -1.93. The average Bonchev–Trinajstić information content (AvgIpc) is 3.50. The number of rotatable bonds is 4. The molecule has 210 valence electrons. The summed E-state index contributed by atoms with van der Waals surface area (Å²) in [6.07, 6.45) is 0. The summed E-state index contributed by atoms with van der Waals surface area (Å²) in [6.45, 7) is 0. The summed E-state index contributed by atoms with van der Waals surface area (Å²) >= 11 is 0. The summed E-state index contributed by atoms with van der Waals surface area (Å²) in [5, 5.41) is 7.26. The molecule has 0 fully saturated rings. The number of furan rings is 1. The molecule has 1 aromatic heterocycles. The molecule has 45 heavy (non-hydrogen) atoms. The van der Waals surface area contributed by atoms with Gasteiger partial charge in [0.25, 0.3) is 0 Å². The molecule has 0 atom stereocenters. The number of fused-ring (bicyclic) bond motifs is 5. The molecule has 0 bridgehead atoms. The van der Waals surface area contributed by atoms with Gasteiger partial charge in [0.1, 0.15) is 11.2 Å². The molecule has 0 aliphatic rings. The topological polar surface area (TPSA) is 13.1 Å². The standard InChI is InChI=1S/C44H28O/c1-3-13-29(14-4-1)30-23-25-32(26-24-30)41-33-17-7-9-19-35(33)43(36-20-10-8-18-34(36)41)38-27-28-40-44(37-21-11-12-22-39(37)45-40)42(38)31-15-5-2-6-16-31/h1-28H. The van der Waals surface area contributed by atoms with E-state index in [1.807, 2.05) is 6.07 Å². The molecule has 9 rings (SSSR count). The Morgan fingerprint density at radius 2 is 0.711 bits per heavy atom. The van der Waals surface area contributed by atoms with Gasteiger partial charge in [-0.05, 0) is 78.7 Å². The highest BCUT2D eigenvalue weighted by Gasteiger charge is 2.22. The Labute approximate surface area is 261 Å². The van der Waals surface area contributed by atoms with Gasteiger partial charge in [-0.1, -0.05) is 152 Å². The van der Waals surface area contributed by atoms with Crippen LogP contribution in [0.1, 0.15) is 0 Å². The van der Waals surface area contributed by atoms with E-state index >= 15 is 0 Å².